The maximum Gasteiger partial charge on any atom is 0.149 e. The molecule has 0 saturated carbocycles. The highest BCUT2D eigenvalue weighted by atomic mass is 32.1. The van der Waals surface area contributed by atoms with Gasteiger partial charge in [0.1, 0.15) is 10.7 Å². The van der Waals surface area contributed by atoms with Gasteiger partial charge >= 0.3 is 0 Å². The summed E-state index contributed by atoms with van der Waals surface area (Å²) in [5.41, 5.74) is 4.55. The Kier molecular flexibility index (Phi) is 3.33. The van der Waals surface area contributed by atoms with Crippen molar-refractivity contribution in [3.63, 3.8) is 0 Å². The van der Waals surface area contributed by atoms with Crippen LogP contribution < -0.4 is 5.32 Å². The third kappa shape index (κ3) is 2.30. The maximum atomic E-state index is 4.54. The topological polar surface area (TPSA) is 58.5 Å². The van der Waals surface area contributed by atoms with Crippen LogP contribution in [-0.4, -0.2) is 19.5 Å². The number of fused-ring (bicyclic) bond motifs is 2. The van der Waals surface area contributed by atoms with E-state index in [1.165, 1.54) is 10.9 Å². The molecule has 0 aliphatic rings. The maximum absolute atomic E-state index is 4.54. The number of hydrogen-bond acceptors (Lipinski definition) is 4. The zero-order valence-electron chi connectivity index (χ0n) is 14.4. The molecule has 4 aromatic heterocycles. The molecule has 128 valence electrons. The molecule has 5 nitrogen and oxygen atoms in total. The first-order valence-corrected chi connectivity index (χ1v) is 9.22. The molecule has 5 aromatic rings. The first kappa shape index (κ1) is 15.2. The van der Waals surface area contributed by atoms with Crippen molar-refractivity contribution >= 4 is 43.8 Å². The minimum atomic E-state index is 0.962. The Morgan fingerprint density at radius 2 is 1.96 bits per heavy atom. The number of aromatic amines is 1. The van der Waals surface area contributed by atoms with E-state index in [9.17, 15) is 0 Å². The number of nitrogens with zero attached hydrogens (tertiary/aromatic N) is 3. The lowest BCUT2D eigenvalue weighted by Gasteiger charge is -2.11. The van der Waals surface area contributed by atoms with Gasteiger partial charge in [0.15, 0.2) is 0 Å². The van der Waals surface area contributed by atoms with Gasteiger partial charge in [-0.1, -0.05) is 0 Å². The molecule has 0 spiro atoms. The second kappa shape index (κ2) is 5.71. The molecule has 1 aromatic carbocycles. The van der Waals surface area contributed by atoms with Crippen molar-refractivity contribution in [2.75, 3.05) is 5.32 Å². The molecule has 0 atom stereocenters. The van der Waals surface area contributed by atoms with Crippen molar-refractivity contribution in [2.24, 2.45) is 7.05 Å². The molecule has 26 heavy (non-hydrogen) atoms. The summed E-state index contributed by atoms with van der Waals surface area (Å²) >= 11 is 1.66. The van der Waals surface area contributed by atoms with Crippen LogP contribution in [0.1, 0.15) is 5.56 Å². The first-order chi connectivity index (χ1) is 12.7. The predicted octanol–water partition coefficient (Wildman–Crippen LogP) is 5.23. The van der Waals surface area contributed by atoms with Gasteiger partial charge in [0.2, 0.25) is 0 Å². The molecular weight excluding hydrogens is 342 g/mol. The van der Waals surface area contributed by atoms with Crippen LogP contribution in [0.15, 0.2) is 55.1 Å². The summed E-state index contributed by atoms with van der Waals surface area (Å²) in [4.78, 5) is 14.4. The van der Waals surface area contributed by atoms with Crippen LogP contribution >= 0.6 is 11.3 Å². The van der Waals surface area contributed by atoms with E-state index in [0.29, 0.717) is 0 Å². The minimum absolute atomic E-state index is 0.962. The van der Waals surface area contributed by atoms with E-state index in [-0.39, 0.29) is 0 Å². The molecule has 0 fully saturated rings. The molecule has 0 saturated heterocycles. The Hall–Kier alpha value is -3.12. The lowest BCUT2D eigenvalue weighted by molar-refractivity contribution is 0.928. The van der Waals surface area contributed by atoms with Crippen molar-refractivity contribution in [2.45, 2.75) is 6.92 Å². The van der Waals surface area contributed by atoms with E-state index in [1.807, 2.05) is 42.5 Å². The summed E-state index contributed by atoms with van der Waals surface area (Å²) in [6.45, 7) is 2.14. The number of aromatic nitrogens is 4. The van der Waals surface area contributed by atoms with Crippen LogP contribution in [-0.2, 0) is 7.05 Å². The molecule has 0 bridgehead atoms. The molecular formula is C20H17N5S. The van der Waals surface area contributed by atoms with Gasteiger partial charge in [0, 0.05) is 53.8 Å². The summed E-state index contributed by atoms with van der Waals surface area (Å²) in [6.07, 6.45) is 7.61. The van der Waals surface area contributed by atoms with E-state index in [0.717, 1.165) is 37.8 Å². The Balaban J connectivity index is 1.61. The van der Waals surface area contributed by atoms with Crippen LogP contribution in [0.5, 0.6) is 0 Å². The Morgan fingerprint density at radius 3 is 2.81 bits per heavy atom. The van der Waals surface area contributed by atoms with Crippen LogP contribution in [0, 0.1) is 6.92 Å². The number of aryl methyl sites for hydroxylation is 2. The number of rotatable bonds is 3. The number of hydrogen-bond donors (Lipinski definition) is 2. The second-order valence-electron chi connectivity index (χ2n) is 6.35. The fourth-order valence-corrected chi connectivity index (χ4v) is 4.39. The van der Waals surface area contributed by atoms with Crippen LogP contribution in [0.2, 0.25) is 0 Å². The Bertz CT molecular complexity index is 1240. The minimum Gasteiger partial charge on any atom is -0.361 e. The van der Waals surface area contributed by atoms with E-state index in [2.05, 4.69) is 51.5 Å². The fourth-order valence-electron chi connectivity index (χ4n) is 3.33. The molecule has 6 heteroatoms. The monoisotopic (exact) mass is 359 g/mol. The van der Waals surface area contributed by atoms with Crippen LogP contribution in [0.3, 0.4) is 0 Å². The highest BCUT2D eigenvalue weighted by Crippen LogP contribution is 2.37. The first-order valence-electron chi connectivity index (χ1n) is 8.40. The third-order valence-corrected chi connectivity index (χ3v) is 5.79. The third-order valence-electron chi connectivity index (χ3n) is 4.75. The largest absolute Gasteiger partial charge is 0.361 e. The smallest absolute Gasteiger partial charge is 0.149 e. The van der Waals surface area contributed by atoms with Gasteiger partial charge in [0.25, 0.3) is 0 Å². The number of nitrogens with one attached hydrogen (secondary N) is 2. The summed E-state index contributed by atoms with van der Waals surface area (Å²) in [5, 5.41) is 5.95. The summed E-state index contributed by atoms with van der Waals surface area (Å²) < 4.78 is 2.03. The van der Waals surface area contributed by atoms with Crippen molar-refractivity contribution in [3.05, 3.63) is 60.7 Å². The number of benzene rings is 1. The predicted molar refractivity (Wildman–Crippen MR) is 108 cm³/mol. The molecule has 0 aliphatic carbocycles. The number of H-pyrrole nitrogens is 1. The van der Waals surface area contributed by atoms with Gasteiger partial charge in [-0.25, -0.2) is 9.97 Å². The van der Waals surface area contributed by atoms with Crippen molar-refractivity contribution in [3.8, 4) is 10.7 Å². The zero-order chi connectivity index (χ0) is 17.7. The molecule has 0 aliphatic heterocycles. The Morgan fingerprint density at radius 1 is 1.04 bits per heavy atom. The molecule has 5 rings (SSSR count). The van der Waals surface area contributed by atoms with Gasteiger partial charge in [-0.15, -0.1) is 11.3 Å². The van der Waals surface area contributed by atoms with Crippen LogP contribution in [0.25, 0.3) is 31.8 Å². The van der Waals surface area contributed by atoms with Gasteiger partial charge in [-0.3, -0.25) is 0 Å². The highest BCUT2D eigenvalue weighted by molar-refractivity contribution is 7.21. The number of thiophene rings is 1. The van der Waals surface area contributed by atoms with Gasteiger partial charge in [-0.05, 0) is 42.8 Å². The van der Waals surface area contributed by atoms with E-state index in [4.69, 9.17) is 0 Å². The highest BCUT2D eigenvalue weighted by Gasteiger charge is 2.13. The van der Waals surface area contributed by atoms with Gasteiger partial charge in [0.05, 0.1) is 10.6 Å². The van der Waals surface area contributed by atoms with Crippen molar-refractivity contribution < 1.29 is 0 Å². The van der Waals surface area contributed by atoms with E-state index in [1.54, 1.807) is 11.3 Å². The van der Waals surface area contributed by atoms with E-state index < -0.39 is 0 Å². The summed E-state index contributed by atoms with van der Waals surface area (Å²) in [6, 6.07) is 10.5. The number of pyridine rings is 1. The lowest BCUT2D eigenvalue weighted by Crippen LogP contribution is -1.94. The average Bonchev–Trinajstić information content (AvgIpc) is 3.36. The lowest BCUT2D eigenvalue weighted by atomic mass is 10.1. The number of anilines is 2. The normalized spacial score (nSPS) is 11.5. The summed E-state index contributed by atoms with van der Waals surface area (Å²) in [5.74, 6) is 0.962. The van der Waals surface area contributed by atoms with Crippen molar-refractivity contribution in [1.29, 1.82) is 0 Å². The van der Waals surface area contributed by atoms with Crippen molar-refractivity contribution in [1.82, 2.24) is 19.5 Å². The SMILES string of the molecule is Cc1c(Nc2ccnc3sc(-c4nccn4C)cc23)ccc2[nH]ccc12. The van der Waals surface area contributed by atoms with Crippen LogP contribution in [0.4, 0.5) is 11.4 Å². The number of imidazole rings is 1. The molecule has 2 N–H and O–H groups in total. The quantitative estimate of drug-likeness (QED) is 0.464. The molecule has 0 radical (unpaired) electrons. The standard InChI is InChI=1S/C20H17N5S/c1-12-13-5-7-21-16(13)4-3-15(12)24-17-6-8-23-20-14(17)11-18(26-20)19-22-9-10-25(19)2/h3-11,21H,1-2H3,(H,23,24). The molecule has 0 amide bonds. The second-order valence-corrected chi connectivity index (χ2v) is 7.38. The molecule has 4 heterocycles. The fraction of sp³-hybridized carbons (Fsp3) is 0.100. The van der Waals surface area contributed by atoms with Gasteiger partial charge in [-0.2, -0.15) is 0 Å². The average molecular weight is 359 g/mol. The van der Waals surface area contributed by atoms with Gasteiger partial charge < -0.3 is 14.9 Å². The summed E-state index contributed by atoms with van der Waals surface area (Å²) in [7, 11) is 2.01. The molecule has 0 unspecified atom stereocenters. The Labute approximate surface area is 154 Å². The van der Waals surface area contributed by atoms with E-state index >= 15 is 0 Å². The zero-order valence-corrected chi connectivity index (χ0v) is 15.3.